The second-order valence-electron chi connectivity index (χ2n) is 4.71. The van der Waals surface area contributed by atoms with Gasteiger partial charge in [-0.3, -0.25) is 0 Å². The summed E-state index contributed by atoms with van der Waals surface area (Å²) in [5.74, 6) is 1.38. The van der Waals surface area contributed by atoms with Gasteiger partial charge in [0.25, 0.3) is 0 Å². The lowest BCUT2D eigenvalue weighted by Gasteiger charge is -2.29. The van der Waals surface area contributed by atoms with E-state index in [4.69, 9.17) is 4.74 Å². The summed E-state index contributed by atoms with van der Waals surface area (Å²) in [5, 5.41) is 0. The van der Waals surface area contributed by atoms with Crippen molar-refractivity contribution < 1.29 is 4.74 Å². The summed E-state index contributed by atoms with van der Waals surface area (Å²) in [6.45, 7) is 2.31. The second-order valence-corrected chi connectivity index (χ2v) is 4.71. The molecule has 86 valence electrons. The average molecular weight is 216 g/mol. The van der Waals surface area contributed by atoms with Gasteiger partial charge in [-0.25, -0.2) is 0 Å². The number of rotatable bonds is 2. The zero-order valence-corrected chi connectivity index (χ0v) is 10.1. The highest BCUT2D eigenvalue weighted by Gasteiger charge is 2.23. The summed E-state index contributed by atoms with van der Waals surface area (Å²) in [6.07, 6.45) is 5.61. The molecule has 2 rings (SSSR count). The molecule has 16 heavy (non-hydrogen) atoms. The van der Waals surface area contributed by atoms with Gasteiger partial charge in [0.15, 0.2) is 0 Å². The lowest BCUT2D eigenvalue weighted by Crippen LogP contribution is -2.14. The minimum Gasteiger partial charge on any atom is -0.504 e. The Labute approximate surface area is 98.1 Å². The van der Waals surface area contributed by atoms with Crippen LogP contribution in [0.4, 0.5) is 0 Å². The molecule has 0 aromatic heterocycles. The molecule has 1 heteroatoms. The van der Waals surface area contributed by atoms with E-state index in [0.717, 1.165) is 5.92 Å². The molecule has 0 N–H and O–H groups in total. The lowest BCUT2D eigenvalue weighted by molar-refractivity contribution is 0.315. The van der Waals surface area contributed by atoms with Crippen molar-refractivity contribution in [1.29, 1.82) is 0 Å². The number of hydrogen-bond acceptors (Lipinski definition) is 1. The van der Waals surface area contributed by atoms with Crippen LogP contribution >= 0.6 is 0 Å². The molecule has 0 aliphatic heterocycles. The summed E-state index contributed by atoms with van der Waals surface area (Å²) < 4.78 is 5.13. The minimum absolute atomic E-state index is 0.652. The van der Waals surface area contributed by atoms with E-state index >= 15 is 0 Å². The standard InChI is InChI=1S/C15H20O/c1-12-10-14(8-9-15(12)11-16-2)13-6-4-3-5-7-13/h3-7,11-12,14H,8-10H2,1-2H3/b15-11-. The maximum atomic E-state index is 5.13. The Morgan fingerprint density at radius 1 is 1.25 bits per heavy atom. The van der Waals surface area contributed by atoms with Crippen molar-refractivity contribution in [2.75, 3.05) is 7.11 Å². The van der Waals surface area contributed by atoms with Crippen molar-refractivity contribution in [1.82, 2.24) is 0 Å². The third-order valence-corrected chi connectivity index (χ3v) is 3.59. The van der Waals surface area contributed by atoms with Crippen LogP contribution < -0.4 is 0 Å². The van der Waals surface area contributed by atoms with Gasteiger partial charge in [0.2, 0.25) is 0 Å². The predicted octanol–water partition coefficient (Wildman–Crippen LogP) is 4.12. The normalized spacial score (nSPS) is 28.0. The number of allylic oxidation sites excluding steroid dienone is 1. The van der Waals surface area contributed by atoms with Gasteiger partial charge < -0.3 is 4.74 Å². The van der Waals surface area contributed by atoms with Gasteiger partial charge >= 0.3 is 0 Å². The molecule has 2 atom stereocenters. The fourth-order valence-electron chi connectivity index (χ4n) is 2.64. The maximum absolute atomic E-state index is 5.13. The van der Waals surface area contributed by atoms with E-state index in [2.05, 4.69) is 37.3 Å². The van der Waals surface area contributed by atoms with Crippen LogP contribution in [-0.4, -0.2) is 7.11 Å². The zero-order chi connectivity index (χ0) is 11.4. The van der Waals surface area contributed by atoms with Crippen LogP contribution in [0.15, 0.2) is 42.2 Å². The first-order chi connectivity index (χ1) is 7.81. The summed E-state index contributed by atoms with van der Waals surface area (Å²) in [5.41, 5.74) is 2.96. The Morgan fingerprint density at radius 2 is 2.00 bits per heavy atom. The van der Waals surface area contributed by atoms with Crippen LogP contribution in [0, 0.1) is 5.92 Å². The number of benzene rings is 1. The smallest absolute Gasteiger partial charge is 0.0819 e. The van der Waals surface area contributed by atoms with Crippen molar-refractivity contribution in [3.63, 3.8) is 0 Å². The van der Waals surface area contributed by atoms with Gasteiger partial charge in [-0.1, -0.05) is 37.3 Å². The number of hydrogen-bond donors (Lipinski definition) is 0. The Balaban J connectivity index is 2.05. The van der Waals surface area contributed by atoms with Crippen LogP contribution in [0.3, 0.4) is 0 Å². The van der Waals surface area contributed by atoms with E-state index in [0.29, 0.717) is 5.92 Å². The first kappa shape index (κ1) is 11.3. The molecule has 1 aromatic carbocycles. The van der Waals surface area contributed by atoms with Gasteiger partial charge in [0.1, 0.15) is 0 Å². The van der Waals surface area contributed by atoms with E-state index in [1.165, 1.54) is 30.4 Å². The largest absolute Gasteiger partial charge is 0.504 e. The van der Waals surface area contributed by atoms with E-state index in [1.807, 2.05) is 6.26 Å². The lowest BCUT2D eigenvalue weighted by atomic mass is 9.76. The second kappa shape index (κ2) is 5.20. The average Bonchev–Trinajstić information content (AvgIpc) is 2.33. The highest BCUT2D eigenvalue weighted by molar-refractivity contribution is 5.22. The molecule has 0 bridgehead atoms. The minimum atomic E-state index is 0.652. The van der Waals surface area contributed by atoms with E-state index in [1.54, 1.807) is 7.11 Å². The molecule has 0 radical (unpaired) electrons. The van der Waals surface area contributed by atoms with Crippen molar-refractivity contribution in [3.8, 4) is 0 Å². The molecule has 1 fully saturated rings. The third kappa shape index (κ3) is 2.46. The molecule has 0 spiro atoms. The van der Waals surface area contributed by atoms with E-state index in [-0.39, 0.29) is 0 Å². The van der Waals surface area contributed by atoms with Gasteiger partial charge in [-0.15, -0.1) is 0 Å². The van der Waals surface area contributed by atoms with Crippen LogP contribution in [0.25, 0.3) is 0 Å². The van der Waals surface area contributed by atoms with E-state index < -0.39 is 0 Å². The van der Waals surface area contributed by atoms with Gasteiger partial charge in [-0.2, -0.15) is 0 Å². The molecule has 2 unspecified atom stereocenters. The number of ether oxygens (including phenoxy) is 1. The Kier molecular flexibility index (Phi) is 3.66. The SMILES string of the molecule is CO/C=C1/CCC(c2ccccc2)CC1C. The van der Waals surface area contributed by atoms with E-state index in [9.17, 15) is 0 Å². The van der Waals surface area contributed by atoms with Crippen molar-refractivity contribution >= 4 is 0 Å². The Hall–Kier alpha value is -1.24. The van der Waals surface area contributed by atoms with Crippen molar-refractivity contribution in [3.05, 3.63) is 47.7 Å². The molecule has 1 aromatic rings. The molecule has 0 heterocycles. The Morgan fingerprint density at radius 3 is 2.62 bits per heavy atom. The fraction of sp³-hybridized carbons (Fsp3) is 0.467. The van der Waals surface area contributed by atoms with Crippen LogP contribution in [-0.2, 0) is 4.74 Å². The zero-order valence-electron chi connectivity index (χ0n) is 10.1. The van der Waals surface area contributed by atoms with Crippen LogP contribution in [0.2, 0.25) is 0 Å². The third-order valence-electron chi connectivity index (χ3n) is 3.59. The van der Waals surface area contributed by atoms with Gasteiger partial charge in [0, 0.05) is 0 Å². The molecule has 0 saturated heterocycles. The summed E-state index contributed by atoms with van der Waals surface area (Å²) in [4.78, 5) is 0. The fourth-order valence-corrected chi connectivity index (χ4v) is 2.64. The van der Waals surface area contributed by atoms with Crippen molar-refractivity contribution in [2.45, 2.75) is 32.1 Å². The van der Waals surface area contributed by atoms with Crippen molar-refractivity contribution in [2.24, 2.45) is 5.92 Å². The van der Waals surface area contributed by atoms with Crippen LogP contribution in [0.5, 0.6) is 0 Å². The first-order valence-corrected chi connectivity index (χ1v) is 6.08. The Bertz CT molecular complexity index is 353. The molecular formula is C15H20O. The van der Waals surface area contributed by atoms with Gasteiger partial charge in [-0.05, 0) is 42.2 Å². The highest BCUT2D eigenvalue weighted by Crippen LogP contribution is 2.38. The topological polar surface area (TPSA) is 9.23 Å². The molecule has 1 aliphatic rings. The summed E-state index contributed by atoms with van der Waals surface area (Å²) >= 11 is 0. The highest BCUT2D eigenvalue weighted by atomic mass is 16.5. The monoisotopic (exact) mass is 216 g/mol. The summed E-state index contributed by atoms with van der Waals surface area (Å²) in [7, 11) is 1.74. The number of methoxy groups -OCH3 is 1. The molecule has 1 saturated carbocycles. The van der Waals surface area contributed by atoms with Crippen LogP contribution in [0.1, 0.15) is 37.7 Å². The van der Waals surface area contributed by atoms with Gasteiger partial charge in [0.05, 0.1) is 13.4 Å². The first-order valence-electron chi connectivity index (χ1n) is 6.08. The molecule has 1 aliphatic carbocycles. The quantitative estimate of drug-likeness (QED) is 0.676. The molecular weight excluding hydrogens is 196 g/mol. The maximum Gasteiger partial charge on any atom is 0.0819 e. The molecule has 1 nitrogen and oxygen atoms in total. The molecule has 0 amide bonds. The summed E-state index contributed by atoms with van der Waals surface area (Å²) in [6, 6.07) is 10.9. The predicted molar refractivity (Wildman–Crippen MR) is 67.3 cm³/mol.